The maximum Gasteiger partial charge on any atom is 0.171 e. The van der Waals surface area contributed by atoms with E-state index in [2.05, 4.69) is 161 Å². The molecule has 13 fully saturated rings. The van der Waals surface area contributed by atoms with Crippen LogP contribution in [0.2, 0.25) is 0 Å². The van der Waals surface area contributed by atoms with Gasteiger partial charge in [0.1, 0.15) is 11.9 Å². The van der Waals surface area contributed by atoms with Crippen molar-refractivity contribution in [2.45, 2.75) is 293 Å². The summed E-state index contributed by atoms with van der Waals surface area (Å²) < 4.78 is 17.7. The number of aliphatic hydroxyl groups is 3. The zero-order valence-electron chi connectivity index (χ0n) is 66.1. The molecule has 2 saturated heterocycles. The van der Waals surface area contributed by atoms with E-state index in [0.29, 0.717) is 94.9 Å². The standard InChI is InChI=1S/C17H26O2.C16H24.C15H24O2.C15H22O2.2C15H22O/c1-12(2)15-6-5-13(3)16(11-15)7-8-17(14(16)4)18-9-10-19-17;1-11(2)15-7-6-13(4)16(10-15)9-8-12(3)14(16)5;2*1-9(2)12-6-5-10(3)15(7-12)8-13(16)14(17)11(15)4;1-9(2)12-6-5-10(3)15(7-12)8-13-14(16-13)11(15)4;1-10(2)13-6-5-11(3)15(9-13)8-7-14(16)12(15)4/h14-15H,1,3,5-11H2,2,4H3;8,14-15H,1,4,6-7,9-10H2,2-3,5H3;11-14,16-17H,1,3,5-8H2,2,4H3;11-13,16H,1,3,5-8H2,2,4H3;11-14H,1,3,5-8H2,2,4H3;12-13H,1,3,5-9H2,2,4H3/t2*14?,15-,16-;11-,12-,13?,14?,15+;11-,12-,13?,15+;11-,12-,13?,14?,15+;12?,13-,15-/m000000/s1. The molecule has 0 amide bonds. The number of carbonyl (C=O) groups excluding carboxylic acids is 2. The van der Waals surface area contributed by atoms with Crippen molar-refractivity contribution in [2.24, 2.45) is 104 Å². The Morgan fingerprint density at radius 1 is 0.426 bits per heavy atom. The van der Waals surface area contributed by atoms with Gasteiger partial charge in [-0.05, 0) is 272 Å². The molecule has 0 aromatic heterocycles. The van der Waals surface area contributed by atoms with Gasteiger partial charge in [-0.25, -0.2) is 0 Å². The number of ether oxygens (including phenoxy) is 3. The number of hydrogen-bond acceptors (Lipinski definition) is 8. The maximum absolute atomic E-state index is 11.9. The number of epoxide rings is 1. The van der Waals surface area contributed by atoms with Crippen molar-refractivity contribution in [3.8, 4) is 0 Å². The lowest BCUT2D eigenvalue weighted by atomic mass is 9.60. The first-order chi connectivity index (χ1) is 47.2. The second-order valence-corrected chi connectivity index (χ2v) is 36.6. The minimum atomic E-state index is -0.786. The van der Waals surface area contributed by atoms with E-state index in [0.717, 1.165) is 102 Å². The van der Waals surface area contributed by atoms with Gasteiger partial charge in [0.2, 0.25) is 0 Å². The van der Waals surface area contributed by atoms with E-state index < -0.39 is 18.3 Å². The zero-order chi connectivity index (χ0) is 74.6. The molecule has 0 aromatic carbocycles. The lowest BCUT2D eigenvalue weighted by molar-refractivity contribution is -0.188. The molecule has 0 bridgehead atoms. The number of rotatable bonds is 6. The third-order valence-corrected chi connectivity index (χ3v) is 31.5. The van der Waals surface area contributed by atoms with Crippen LogP contribution in [0, 0.1) is 104 Å². The number of aliphatic hydroxyl groups excluding tert-OH is 3. The van der Waals surface area contributed by atoms with Gasteiger partial charge in [-0.15, -0.1) is 0 Å². The molecule has 0 aromatic rings. The summed E-state index contributed by atoms with van der Waals surface area (Å²) in [6.07, 6.45) is 29.7. The molecule has 23 atom stereocenters. The highest BCUT2D eigenvalue weighted by molar-refractivity contribution is 5.89. The second-order valence-electron chi connectivity index (χ2n) is 36.6. The van der Waals surface area contributed by atoms with E-state index in [4.69, 9.17) is 14.2 Å². The van der Waals surface area contributed by atoms with Gasteiger partial charge in [0, 0.05) is 46.8 Å². The number of fused-ring (bicyclic) bond motifs is 1. The largest absolute Gasteiger partial charge is 0.390 e. The summed E-state index contributed by atoms with van der Waals surface area (Å²) in [6, 6.07) is 0. The van der Waals surface area contributed by atoms with Crippen LogP contribution in [0.1, 0.15) is 257 Å². The van der Waals surface area contributed by atoms with Gasteiger partial charge in [0.15, 0.2) is 11.6 Å². The molecule has 560 valence electrons. The van der Waals surface area contributed by atoms with E-state index in [-0.39, 0.29) is 51.0 Å². The fourth-order valence-electron chi connectivity index (χ4n) is 23.1. The van der Waals surface area contributed by atoms with Crippen molar-refractivity contribution in [1.82, 2.24) is 0 Å². The van der Waals surface area contributed by atoms with E-state index in [9.17, 15) is 24.9 Å². The van der Waals surface area contributed by atoms with Gasteiger partial charge in [-0.1, -0.05) is 199 Å². The first-order valence-corrected chi connectivity index (χ1v) is 40.0. The molecule has 2 aliphatic heterocycles. The molecule has 12 aliphatic carbocycles. The van der Waals surface area contributed by atoms with Crippen LogP contribution in [0.5, 0.6) is 0 Å². The van der Waals surface area contributed by atoms with Gasteiger partial charge in [-0.2, -0.15) is 0 Å². The van der Waals surface area contributed by atoms with Gasteiger partial charge in [0.25, 0.3) is 0 Å². The Morgan fingerprint density at radius 2 is 0.802 bits per heavy atom. The van der Waals surface area contributed by atoms with Crippen LogP contribution < -0.4 is 0 Å². The van der Waals surface area contributed by atoms with Crippen molar-refractivity contribution >= 4 is 11.6 Å². The Labute approximate surface area is 614 Å². The molecular weight excluding hydrogens is 1250 g/mol. The number of Topliss-reactive ketones (excluding diaryl/α,β-unsaturated/α-hetero) is 2. The third kappa shape index (κ3) is 15.3. The smallest absolute Gasteiger partial charge is 0.171 e. The topological polar surface area (TPSA) is 126 Å². The molecule has 2 heterocycles. The molecular formula is C93H140O8. The zero-order valence-corrected chi connectivity index (χ0v) is 66.1. The summed E-state index contributed by atoms with van der Waals surface area (Å²) in [5, 5.41) is 29.7. The quantitative estimate of drug-likeness (QED) is 0.177. The van der Waals surface area contributed by atoms with E-state index in [1.807, 2.05) is 13.8 Å². The predicted octanol–water partition coefficient (Wildman–Crippen LogP) is 22.1. The molecule has 14 rings (SSSR count). The van der Waals surface area contributed by atoms with Crippen LogP contribution in [0.15, 0.2) is 157 Å². The van der Waals surface area contributed by atoms with Gasteiger partial charge < -0.3 is 29.5 Å². The predicted molar refractivity (Wildman–Crippen MR) is 419 cm³/mol. The molecule has 7 spiro atoms. The SMILES string of the molecule is C=C(C)[C@H]1CCC(=C)[C@]2(CC(O)C(=O)[C@@H]2C)C1.C=C(C)[C@H]1CCC(=C)[C@]2(CC(O)C(O)[C@@H]2C)C1.C=C(C)[C@H]1CCC(=C)[C@]2(CC3OC3[C@@H]2C)C1.C=C(C)[C@H]1CCC(=C)[C@]2(CC=C(C)C2C)C1.C=C(C)[C@H]1CCC(=C)[C@]2(CCC(=O)C2C)C1.C=C(C)[C@H]1CCC(=C)[C@]2(CCC3(OCCO3)C2C)C1. The highest BCUT2D eigenvalue weighted by Crippen LogP contribution is 2.66. The first-order valence-electron chi connectivity index (χ1n) is 40.0. The summed E-state index contributed by atoms with van der Waals surface area (Å²) in [5.41, 5.74) is 18.3. The summed E-state index contributed by atoms with van der Waals surface area (Å²) in [5.74, 6) is 5.73. The minimum Gasteiger partial charge on any atom is -0.390 e. The lowest BCUT2D eigenvalue weighted by Crippen LogP contribution is -2.42. The average molecular weight is 1390 g/mol. The Balaban J connectivity index is 0.000000141. The number of ketones is 2. The molecule has 8 heteroatoms. The average Bonchev–Trinajstić information content (AvgIpc) is 1.54. The van der Waals surface area contributed by atoms with Crippen LogP contribution in [0.3, 0.4) is 0 Å². The molecule has 3 N–H and O–H groups in total. The first kappa shape index (κ1) is 80.8. The van der Waals surface area contributed by atoms with Gasteiger partial charge >= 0.3 is 0 Å². The lowest BCUT2D eigenvalue weighted by Gasteiger charge is -2.45. The molecule has 101 heavy (non-hydrogen) atoms. The molecule has 0 radical (unpaired) electrons. The second kappa shape index (κ2) is 31.3. The minimum absolute atomic E-state index is 0.00600. The molecule has 11 saturated carbocycles. The van der Waals surface area contributed by atoms with Gasteiger partial charge in [-0.3, -0.25) is 9.59 Å². The molecule has 8 unspecified atom stereocenters. The number of hydrogen-bond donors (Lipinski definition) is 3. The summed E-state index contributed by atoms with van der Waals surface area (Å²) in [6.45, 7) is 80.2. The van der Waals surface area contributed by atoms with Crippen molar-refractivity contribution < 1.29 is 39.1 Å². The normalized spacial score (nSPS) is 43.1. The van der Waals surface area contributed by atoms with Crippen molar-refractivity contribution in [1.29, 1.82) is 0 Å². The van der Waals surface area contributed by atoms with Gasteiger partial charge in [0.05, 0.1) is 37.6 Å². The highest BCUT2D eigenvalue weighted by Gasteiger charge is 2.64. The number of carbonyl (C=O) groups is 2. The van der Waals surface area contributed by atoms with Crippen LogP contribution in [-0.2, 0) is 23.8 Å². The fraction of sp³-hybridized carbons (Fsp3) is 0.699. The van der Waals surface area contributed by atoms with Crippen molar-refractivity contribution in [2.75, 3.05) is 13.2 Å². The highest BCUT2D eigenvalue weighted by atomic mass is 16.7. The summed E-state index contributed by atoms with van der Waals surface area (Å²) in [7, 11) is 0. The third-order valence-electron chi connectivity index (χ3n) is 31.5. The van der Waals surface area contributed by atoms with Crippen LogP contribution >= 0.6 is 0 Å². The Morgan fingerprint density at radius 3 is 1.16 bits per heavy atom. The van der Waals surface area contributed by atoms with Crippen LogP contribution in [0.4, 0.5) is 0 Å². The Hall–Kier alpha value is -4.28. The monoisotopic (exact) mass is 1390 g/mol. The van der Waals surface area contributed by atoms with E-state index >= 15 is 0 Å². The van der Waals surface area contributed by atoms with Crippen LogP contribution in [0.25, 0.3) is 0 Å². The van der Waals surface area contributed by atoms with Crippen molar-refractivity contribution in [3.63, 3.8) is 0 Å². The van der Waals surface area contributed by atoms with E-state index in [1.54, 1.807) is 5.57 Å². The van der Waals surface area contributed by atoms with Crippen molar-refractivity contribution in [3.05, 3.63) is 157 Å². The number of allylic oxidation sites excluding steroid dienone is 14. The summed E-state index contributed by atoms with van der Waals surface area (Å²) >= 11 is 0. The fourth-order valence-corrected chi connectivity index (χ4v) is 23.1. The van der Waals surface area contributed by atoms with E-state index in [1.165, 1.54) is 132 Å². The Bertz CT molecular complexity index is 3280. The van der Waals surface area contributed by atoms with Crippen LogP contribution in [-0.4, -0.2) is 76.4 Å². The Kier molecular flexibility index (Phi) is 25.0. The molecule has 14 aliphatic rings. The molecule has 8 nitrogen and oxygen atoms in total. The maximum atomic E-state index is 11.9. The summed E-state index contributed by atoms with van der Waals surface area (Å²) in [4.78, 5) is 23.7.